The second kappa shape index (κ2) is 7.06. The van der Waals surface area contributed by atoms with Crippen LogP contribution in [0.2, 0.25) is 0 Å². The summed E-state index contributed by atoms with van der Waals surface area (Å²) in [5.74, 6) is 0.440. The molecule has 4 rings (SSSR count). The largest absolute Gasteiger partial charge is 0.225 e. The number of fused-ring (bicyclic) bond motifs is 1. The third kappa shape index (κ3) is 3.28. The second-order valence-corrected chi connectivity index (χ2v) is 6.83. The van der Waals surface area contributed by atoms with Gasteiger partial charge in [-0.25, -0.2) is 4.58 Å². The van der Waals surface area contributed by atoms with Crippen LogP contribution in [0, 0.1) is 6.92 Å². The van der Waals surface area contributed by atoms with Crippen molar-refractivity contribution in [2.45, 2.75) is 19.3 Å². The summed E-state index contributed by atoms with van der Waals surface area (Å²) in [6.45, 7) is 4.32. The maximum Gasteiger partial charge on any atom is 0.210 e. The Morgan fingerprint density at radius 3 is 2.08 bits per heavy atom. The van der Waals surface area contributed by atoms with Crippen molar-refractivity contribution in [1.82, 2.24) is 4.58 Å². The van der Waals surface area contributed by atoms with E-state index in [2.05, 4.69) is 96.4 Å². The van der Waals surface area contributed by atoms with E-state index < -0.39 is 0 Å². The minimum atomic E-state index is 0.440. The summed E-state index contributed by atoms with van der Waals surface area (Å²) in [4.78, 5) is 0. The van der Waals surface area contributed by atoms with Gasteiger partial charge in [0.25, 0.3) is 0 Å². The highest BCUT2D eigenvalue weighted by Crippen LogP contribution is 2.27. The van der Waals surface area contributed by atoms with E-state index >= 15 is 0 Å². The Morgan fingerprint density at radius 1 is 0.800 bits per heavy atom. The lowest BCUT2D eigenvalue weighted by atomic mass is 9.88. The smallest absolute Gasteiger partial charge is 0.210 e. The summed E-state index contributed by atoms with van der Waals surface area (Å²) in [6, 6.07) is 28.4. The second-order valence-electron chi connectivity index (χ2n) is 6.83. The first-order chi connectivity index (χ1) is 12.3. The summed E-state index contributed by atoms with van der Waals surface area (Å²) in [7, 11) is 0. The summed E-state index contributed by atoms with van der Waals surface area (Å²) in [6.07, 6.45) is 3.47. The van der Waals surface area contributed by atoms with Gasteiger partial charge in [0.2, 0.25) is 5.36 Å². The Kier molecular flexibility index (Phi) is 4.47. The van der Waals surface area contributed by atoms with Crippen LogP contribution in [0.15, 0.2) is 78.9 Å². The van der Waals surface area contributed by atoms with Gasteiger partial charge in [-0.1, -0.05) is 72.8 Å². The maximum absolute atomic E-state index is 2.53. The number of aryl methyl sites for hydroxylation is 1. The van der Waals surface area contributed by atoms with Crippen LogP contribution >= 0.6 is 0 Å². The van der Waals surface area contributed by atoms with E-state index in [0.717, 1.165) is 19.5 Å². The molecule has 25 heavy (non-hydrogen) atoms. The molecule has 124 valence electrons. The van der Waals surface area contributed by atoms with Gasteiger partial charge in [-0.15, -0.1) is 0 Å². The summed E-state index contributed by atoms with van der Waals surface area (Å²) >= 11 is 0. The lowest BCUT2D eigenvalue weighted by molar-refractivity contribution is 0.575. The highest BCUT2D eigenvalue weighted by Gasteiger charge is 2.19. The summed E-state index contributed by atoms with van der Waals surface area (Å²) < 4.78 is 2.53. The van der Waals surface area contributed by atoms with Crippen LogP contribution in [-0.4, -0.2) is 13.1 Å². The minimum Gasteiger partial charge on any atom is -0.225 e. The molecule has 1 heterocycles. The molecule has 3 aromatic carbocycles. The molecule has 0 spiro atoms. The highest BCUT2D eigenvalue weighted by molar-refractivity contribution is 5.34. The molecule has 0 bridgehead atoms. The molecule has 0 aliphatic carbocycles. The van der Waals surface area contributed by atoms with E-state index in [-0.39, 0.29) is 0 Å². The normalized spacial score (nSPS) is 13.0. The van der Waals surface area contributed by atoms with E-state index in [1.54, 1.807) is 0 Å². The van der Waals surface area contributed by atoms with Gasteiger partial charge in [0.05, 0.1) is 0 Å². The molecule has 0 saturated carbocycles. The Balaban J connectivity index is 1.66. The predicted octanol–water partition coefficient (Wildman–Crippen LogP) is 3.50. The highest BCUT2D eigenvalue weighted by atomic mass is 15.0. The molecule has 1 aliphatic rings. The molecule has 1 nitrogen and oxygen atoms in total. The van der Waals surface area contributed by atoms with Crippen LogP contribution in [0.5, 0.6) is 0 Å². The summed E-state index contributed by atoms with van der Waals surface area (Å²) in [5.41, 5.74) is 4.19. The zero-order valence-electron chi connectivity index (χ0n) is 14.7. The number of hydrogen-bond acceptors (Lipinski definition) is 0. The van der Waals surface area contributed by atoms with Crippen molar-refractivity contribution in [2.75, 3.05) is 13.1 Å². The molecule has 1 heteroatoms. The van der Waals surface area contributed by atoms with Crippen molar-refractivity contribution in [3.63, 3.8) is 0 Å². The molecule has 1 aliphatic heterocycles. The van der Waals surface area contributed by atoms with E-state index in [4.69, 9.17) is 0 Å². The quantitative estimate of drug-likeness (QED) is 0.631. The predicted molar refractivity (Wildman–Crippen MR) is 105 cm³/mol. The van der Waals surface area contributed by atoms with Crippen molar-refractivity contribution in [3.8, 4) is 0 Å². The van der Waals surface area contributed by atoms with Crippen LogP contribution in [-0.2, 0) is 0 Å². The number of para-hydroxylation sites is 1. The SMILES string of the molecule is Cc1cccc2c1=[N+](CCC(c1ccccc1)c1ccccc1)CC=2. The molecular weight excluding hydrogens is 302 g/mol. The van der Waals surface area contributed by atoms with Crippen LogP contribution in [0.3, 0.4) is 0 Å². The molecule has 0 fully saturated rings. The van der Waals surface area contributed by atoms with Crippen molar-refractivity contribution in [2.24, 2.45) is 0 Å². The standard InChI is InChI=1S/C24H24N/c1-19-9-8-14-22-15-17-25(24(19)22)18-16-23(20-10-4-2-5-11-20)21-12-6-3-7-13-21/h2-15,23H,16-18H2,1H3/q+1. The van der Waals surface area contributed by atoms with Crippen LogP contribution in [0.25, 0.3) is 6.08 Å². The van der Waals surface area contributed by atoms with Crippen molar-refractivity contribution >= 4 is 6.08 Å². The van der Waals surface area contributed by atoms with Crippen LogP contribution in [0.1, 0.15) is 29.0 Å². The Morgan fingerprint density at radius 2 is 1.44 bits per heavy atom. The van der Waals surface area contributed by atoms with Gasteiger partial charge in [0.15, 0.2) is 6.54 Å². The number of benzene rings is 3. The average molecular weight is 326 g/mol. The third-order valence-electron chi connectivity index (χ3n) is 5.21. The fourth-order valence-electron chi connectivity index (χ4n) is 3.96. The van der Waals surface area contributed by atoms with Crippen LogP contribution in [0.4, 0.5) is 0 Å². The first kappa shape index (κ1) is 15.8. The zero-order valence-corrected chi connectivity index (χ0v) is 14.7. The van der Waals surface area contributed by atoms with Gasteiger partial charge in [-0.2, -0.15) is 0 Å². The Hall–Kier alpha value is -2.67. The van der Waals surface area contributed by atoms with Gasteiger partial charge in [0, 0.05) is 23.1 Å². The van der Waals surface area contributed by atoms with E-state index in [9.17, 15) is 0 Å². The van der Waals surface area contributed by atoms with Crippen molar-refractivity contribution < 1.29 is 0 Å². The Bertz CT molecular complexity index is 932. The van der Waals surface area contributed by atoms with Crippen molar-refractivity contribution in [3.05, 3.63) is 106 Å². The molecule has 0 aromatic heterocycles. The van der Waals surface area contributed by atoms with Gasteiger partial charge in [0.1, 0.15) is 6.54 Å². The minimum absolute atomic E-state index is 0.440. The van der Waals surface area contributed by atoms with E-state index in [1.165, 1.54) is 27.3 Å². The zero-order chi connectivity index (χ0) is 17.1. The summed E-state index contributed by atoms with van der Waals surface area (Å²) in [5, 5.41) is 2.80. The maximum atomic E-state index is 2.53. The molecule has 0 unspecified atom stereocenters. The first-order valence-electron chi connectivity index (χ1n) is 9.10. The average Bonchev–Trinajstić information content (AvgIpc) is 3.08. The molecule has 0 atom stereocenters. The topological polar surface area (TPSA) is 3.01 Å². The number of hydrogen-bond donors (Lipinski definition) is 0. The monoisotopic (exact) mass is 326 g/mol. The van der Waals surface area contributed by atoms with Crippen LogP contribution < -0.4 is 15.2 Å². The fraction of sp³-hybridized carbons (Fsp3) is 0.208. The molecule has 3 aromatic rings. The Labute approximate surface area is 149 Å². The van der Waals surface area contributed by atoms with E-state index in [0.29, 0.717) is 5.92 Å². The van der Waals surface area contributed by atoms with E-state index in [1.807, 2.05) is 0 Å². The fourth-order valence-corrected chi connectivity index (χ4v) is 3.96. The molecule has 0 N–H and O–H groups in total. The van der Waals surface area contributed by atoms with Crippen molar-refractivity contribution in [1.29, 1.82) is 0 Å². The molecule has 0 saturated heterocycles. The number of rotatable bonds is 5. The molecular formula is C24H24N+. The lowest BCUT2D eigenvalue weighted by Crippen LogP contribution is -2.37. The molecule has 0 amide bonds. The third-order valence-corrected chi connectivity index (χ3v) is 5.21. The number of nitrogens with zero attached hydrogens (tertiary/aromatic N) is 1. The van der Waals surface area contributed by atoms with Gasteiger partial charge in [-0.05, 0) is 30.2 Å². The van der Waals surface area contributed by atoms with Gasteiger partial charge < -0.3 is 0 Å². The molecule has 0 radical (unpaired) electrons. The van der Waals surface area contributed by atoms with Gasteiger partial charge in [-0.3, -0.25) is 0 Å². The van der Waals surface area contributed by atoms with Gasteiger partial charge >= 0.3 is 0 Å². The first-order valence-corrected chi connectivity index (χ1v) is 9.10. The lowest BCUT2D eigenvalue weighted by Gasteiger charge is -2.17.